The number of likely N-dealkylation sites (N-methyl/N-ethyl adjacent to an activating group) is 1. The highest BCUT2D eigenvalue weighted by atomic mass is 16.5. The van der Waals surface area contributed by atoms with Gasteiger partial charge in [-0.15, -0.1) is 0 Å². The summed E-state index contributed by atoms with van der Waals surface area (Å²) in [4.78, 5) is 3.52. The van der Waals surface area contributed by atoms with Crippen LogP contribution in [0, 0.1) is 0 Å². The third-order valence-corrected chi connectivity index (χ3v) is 2.69. The van der Waals surface area contributed by atoms with Crippen LogP contribution in [0.3, 0.4) is 0 Å². The molecule has 1 aliphatic rings. The first-order valence-corrected chi connectivity index (χ1v) is 5.05. The van der Waals surface area contributed by atoms with E-state index < -0.39 is 5.91 Å². The maximum atomic E-state index is 9.90. The van der Waals surface area contributed by atoms with E-state index in [0.717, 1.165) is 12.2 Å². The number of benzene rings is 1. The second-order valence-electron chi connectivity index (χ2n) is 4.00. The third kappa shape index (κ3) is 2.12. The summed E-state index contributed by atoms with van der Waals surface area (Å²) in [6.45, 7) is 1.69. The first-order chi connectivity index (χ1) is 7.09. The maximum absolute atomic E-state index is 9.90. The number of rotatable bonds is 1. The van der Waals surface area contributed by atoms with Crippen molar-refractivity contribution in [2.24, 2.45) is 0 Å². The van der Waals surface area contributed by atoms with Crippen LogP contribution in [0.1, 0.15) is 0 Å². The predicted molar refractivity (Wildman–Crippen MR) is 58.5 cm³/mol. The molecule has 2 rings (SSSR count). The van der Waals surface area contributed by atoms with Gasteiger partial charge in [0, 0.05) is 18.8 Å². The highest BCUT2D eigenvalue weighted by molar-refractivity contribution is 5.47. The Balaban J connectivity index is 2.23. The van der Waals surface area contributed by atoms with Gasteiger partial charge in [0.1, 0.15) is 0 Å². The van der Waals surface area contributed by atoms with Crippen LogP contribution in [0.2, 0.25) is 0 Å². The van der Waals surface area contributed by atoms with E-state index in [1.54, 1.807) is 4.90 Å². The largest absolute Gasteiger partial charge is 0.348 e. The molecule has 0 bridgehead atoms. The van der Waals surface area contributed by atoms with Crippen molar-refractivity contribution in [3.8, 4) is 0 Å². The van der Waals surface area contributed by atoms with Crippen LogP contribution in [-0.2, 0) is 0 Å². The first kappa shape index (κ1) is 10.4. The number of nitrogens with zero attached hydrogens (tertiary/aromatic N) is 2. The molecule has 0 unspecified atom stereocenters. The van der Waals surface area contributed by atoms with Crippen molar-refractivity contribution in [2.45, 2.75) is 5.91 Å². The molecule has 1 aliphatic heterocycles. The number of β-amino-alcohol motifs (C(OH)–C–C–N with tert-alkyl or cyclic N) is 2. The van der Waals surface area contributed by atoms with Gasteiger partial charge in [-0.05, 0) is 19.2 Å². The van der Waals surface area contributed by atoms with E-state index in [1.165, 1.54) is 0 Å². The first-order valence-electron chi connectivity index (χ1n) is 5.05. The van der Waals surface area contributed by atoms with Crippen LogP contribution in [0.5, 0.6) is 0 Å². The minimum atomic E-state index is -1.77. The second kappa shape index (κ2) is 3.81. The molecule has 0 aromatic heterocycles. The lowest BCUT2D eigenvalue weighted by atomic mass is 10.2. The maximum Gasteiger partial charge on any atom is 0.260 e. The number of para-hydroxylation sites is 1. The summed E-state index contributed by atoms with van der Waals surface area (Å²) in [6, 6.07) is 9.46. The van der Waals surface area contributed by atoms with Gasteiger partial charge in [0.05, 0.1) is 6.54 Å². The summed E-state index contributed by atoms with van der Waals surface area (Å²) in [5, 5.41) is 19.8. The van der Waals surface area contributed by atoms with E-state index in [1.807, 2.05) is 42.3 Å². The van der Waals surface area contributed by atoms with E-state index in [4.69, 9.17) is 0 Å². The quantitative estimate of drug-likeness (QED) is 0.641. The van der Waals surface area contributed by atoms with E-state index in [-0.39, 0.29) is 6.54 Å². The molecule has 0 amide bonds. The molecule has 4 heteroatoms. The Morgan fingerprint density at radius 3 is 2.40 bits per heavy atom. The van der Waals surface area contributed by atoms with E-state index >= 15 is 0 Å². The van der Waals surface area contributed by atoms with E-state index in [2.05, 4.69) is 0 Å². The second-order valence-corrected chi connectivity index (χ2v) is 4.00. The van der Waals surface area contributed by atoms with Gasteiger partial charge < -0.3 is 15.1 Å². The fraction of sp³-hybridized carbons (Fsp3) is 0.455. The lowest BCUT2D eigenvalue weighted by molar-refractivity contribution is -0.182. The molecule has 2 N–H and O–H groups in total. The molecule has 0 spiro atoms. The topological polar surface area (TPSA) is 46.9 Å². The number of piperazine rings is 1. The van der Waals surface area contributed by atoms with E-state index in [0.29, 0.717) is 6.54 Å². The van der Waals surface area contributed by atoms with Crippen molar-refractivity contribution in [1.82, 2.24) is 4.90 Å². The number of anilines is 1. The molecular formula is C11H16N2O2. The normalized spacial score (nSPS) is 21.7. The average molecular weight is 208 g/mol. The monoisotopic (exact) mass is 208 g/mol. The van der Waals surface area contributed by atoms with Crippen molar-refractivity contribution in [3.63, 3.8) is 0 Å². The predicted octanol–water partition coefficient (Wildman–Crippen LogP) is 0.0768. The Hall–Kier alpha value is -1.10. The molecule has 1 fully saturated rings. The minimum Gasteiger partial charge on any atom is -0.348 e. The van der Waals surface area contributed by atoms with Crippen molar-refractivity contribution in [1.29, 1.82) is 0 Å². The summed E-state index contributed by atoms with van der Waals surface area (Å²) in [6.07, 6.45) is 0. The highest BCUT2D eigenvalue weighted by Crippen LogP contribution is 2.23. The van der Waals surface area contributed by atoms with Crippen LogP contribution in [0.4, 0.5) is 5.69 Å². The lowest BCUT2D eigenvalue weighted by Gasteiger charge is -2.44. The molecule has 1 heterocycles. The molecule has 4 nitrogen and oxygen atoms in total. The summed E-state index contributed by atoms with van der Waals surface area (Å²) >= 11 is 0. The molecule has 1 saturated heterocycles. The molecular weight excluding hydrogens is 192 g/mol. The Labute approximate surface area is 89.4 Å². The van der Waals surface area contributed by atoms with Crippen LogP contribution in [-0.4, -0.2) is 47.7 Å². The fourth-order valence-corrected chi connectivity index (χ4v) is 1.92. The van der Waals surface area contributed by atoms with Gasteiger partial charge in [0.25, 0.3) is 5.91 Å². The zero-order valence-corrected chi connectivity index (χ0v) is 8.80. The van der Waals surface area contributed by atoms with Gasteiger partial charge in [-0.2, -0.15) is 0 Å². The Bertz CT molecular complexity index is 327. The summed E-state index contributed by atoms with van der Waals surface area (Å²) in [7, 11) is 1.88. The molecule has 15 heavy (non-hydrogen) atoms. The van der Waals surface area contributed by atoms with Crippen LogP contribution < -0.4 is 4.90 Å². The van der Waals surface area contributed by atoms with Gasteiger partial charge in [-0.3, -0.25) is 4.90 Å². The zero-order valence-electron chi connectivity index (χ0n) is 8.80. The van der Waals surface area contributed by atoms with Crippen LogP contribution in [0.15, 0.2) is 30.3 Å². The molecule has 0 aliphatic carbocycles. The zero-order chi connectivity index (χ0) is 10.9. The Kier molecular flexibility index (Phi) is 2.65. The summed E-state index contributed by atoms with van der Waals surface area (Å²) < 4.78 is 0. The van der Waals surface area contributed by atoms with Gasteiger partial charge in [-0.1, -0.05) is 18.2 Å². The van der Waals surface area contributed by atoms with Crippen LogP contribution >= 0.6 is 0 Å². The van der Waals surface area contributed by atoms with Crippen molar-refractivity contribution < 1.29 is 10.2 Å². The smallest absolute Gasteiger partial charge is 0.260 e. The third-order valence-electron chi connectivity index (χ3n) is 2.69. The van der Waals surface area contributed by atoms with Crippen LogP contribution in [0.25, 0.3) is 0 Å². The van der Waals surface area contributed by atoms with Gasteiger partial charge in [-0.25, -0.2) is 0 Å². The number of hydrogen-bond donors (Lipinski definition) is 2. The molecule has 0 atom stereocenters. The standard InChI is InChI=1S/C11H16N2O2/c1-12-7-8-13(11(14,15)9-12)10-5-3-2-4-6-10/h2-6,14-15H,7-9H2,1H3. The van der Waals surface area contributed by atoms with Crippen molar-refractivity contribution >= 4 is 5.69 Å². The lowest BCUT2D eigenvalue weighted by Crippen LogP contribution is -2.62. The van der Waals surface area contributed by atoms with E-state index in [9.17, 15) is 10.2 Å². The molecule has 82 valence electrons. The Morgan fingerprint density at radius 1 is 1.13 bits per heavy atom. The van der Waals surface area contributed by atoms with Crippen molar-refractivity contribution in [3.05, 3.63) is 30.3 Å². The van der Waals surface area contributed by atoms with Gasteiger partial charge in [0.15, 0.2) is 0 Å². The number of aliphatic hydroxyl groups is 2. The SMILES string of the molecule is CN1CCN(c2ccccc2)C(O)(O)C1. The van der Waals surface area contributed by atoms with Gasteiger partial charge >= 0.3 is 0 Å². The average Bonchev–Trinajstić information content (AvgIpc) is 2.17. The molecule has 0 radical (unpaired) electrons. The molecule has 1 aromatic carbocycles. The number of hydrogen-bond acceptors (Lipinski definition) is 4. The van der Waals surface area contributed by atoms with Crippen molar-refractivity contribution in [2.75, 3.05) is 31.6 Å². The summed E-state index contributed by atoms with van der Waals surface area (Å²) in [5.74, 6) is -1.77. The molecule has 1 aromatic rings. The Morgan fingerprint density at radius 2 is 1.80 bits per heavy atom. The van der Waals surface area contributed by atoms with Gasteiger partial charge in [0.2, 0.25) is 0 Å². The minimum absolute atomic E-state index is 0.238. The fourth-order valence-electron chi connectivity index (χ4n) is 1.92. The molecule has 0 saturated carbocycles. The summed E-state index contributed by atoms with van der Waals surface area (Å²) in [5.41, 5.74) is 0.843. The highest BCUT2D eigenvalue weighted by Gasteiger charge is 2.36.